The number of carbonyl (C=O) groups excluding carboxylic acids is 2. The zero-order valence-corrected chi connectivity index (χ0v) is 15.6. The van der Waals surface area contributed by atoms with Gasteiger partial charge in [0.2, 0.25) is 5.91 Å². The Kier molecular flexibility index (Phi) is 5.52. The number of fused-ring (bicyclic) bond motifs is 1. The topological polar surface area (TPSA) is 65.5 Å². The lowest BCUT2D eigenvalue weighted by Crippen LogP contribution is -2.42. The predicted octanol–water partition coefficient (Wildman–Crippen LogP) is 1.76. The molecule has 6 nitrogen and oxygen atoms in total. The SMILES string of the molecule is CCN(C)CC(=O)N1C[C@@H](C)[C@H](NC(=O)c2ccc3cccnc3c2)C1. The molecule has 0 spiro atoms. The molecular weight excluding hydrogens is 328 g/mol. The Hall–Kier alpha value is -2.47. The molecule has 1 fully saturated rings. The van der Waals surface area contributed by atoms with E-state index in [1.54, 1.807) is 6.20 Å². The standard InChI is InChI=1S/C20H26N4O2/c1-4-23(3)13-19(25)24-11-14(2)18(12-24)22-20(26)16-8-7-15-6-5-9-21-17(15)10-16/h5-10,14,18H,4,11-13H2,1-3H3,(H,22,26)/t14-,18-/m1/s1. The van der Waals surface area contributed by atoms with Gasteiger partial charge in [-0.15, -0.1) is 0 Å². The minimum Gasteiger partial charge on any atom is -0.347 e. The predicted molar refractivity (Wildman–Crippen MR) is 102 cm³/mol. The number of benzene rings is 1. The van der Waals surface area contributed by atoms with Crippen molar-refractivity contribution in [1.82, 2.24) is 20.1 Å². The third kappa shape index (κ3) is 4.02. The number of likely N-dealkylation sites (tertiary alicyclic amines) is 1. The second kappa shape index (κ2) is 7.83. The highest BCUT2D eigenvalue weighted by molar-refractivity contribution is 5.98. The van der Waals surface area contributed by atoms with Crippen molar-refractivity contribution >= 4 is 22.7 Å². The Labute approximate surface area is 154 Å². The number of nitrogens with one attached hydrogen (secondary N) is 1. The van der Waals surface area contributed by atoms with Gasteiger partial charge in [0.15, 0.2) is 0 Å². The summed E-state index contributed by atoms with van der Waals surface area (Å²) in [6.45, 7) is 6.60. The molecule has 1 saturated heterocycles. The van der Waals surface area contributed by atoms with E-state index in [1.165, 1.54) is 0 Å². The summed E-state index contributed by atoms with van der Waals surface area (Å²) in [5.41, 5.74) is 1.40. The van der Waals surface area contributed by atoms with Gasteiger partial charge in [0.1, 0.15) is 0 Å². The molecule has 6 heteroatoms. The van der Waals surface area contributed by atoms with E-state index in [0.29, 0.717) is 25.2 Å². The van der Waals surface area contributed by atoms with Gasteiger partial charge in [-0.3, -0.25) is 19.5 Å². The largest absolute Gasteiger partial charge is 0.347 e. The molecule has 2 atom stereocenters. The van der Waals surface area contributed by atoms with Gasteiger partial charge in [0, 0.05) is 30.2 Å². The van der Waals surface area contributed by atoms with E-state index in [9.17, 15) is 9.59 Å². The lowest BCUT2D eigenvalue weighted by atomic mass is 10.1. The number of carbonyl (C=O) groups is 2. The fraction of sp³-hybridized carbons (Fsp3) is 0.450. The Bertz CT molecular complexity index is 807. The zero-order chi connectivity index (χ0) is 18.7. The van der Waals surface area contributed by atoms with Crippen LogP contribution in [0.2, 0.25) is 0 Å². The van der Waals surface area contributed by atoms with Crippen LogP contribution in [-0.4, -0.2) is 65.9 Å². The van der Waals surface area contributed by atoms with E-state index in [1.807, 2.05) is 54.1 Å². The molecule has 1 aromatic carbocycles. The van der Waals surface area contributed by atoms with Crippen molar-refractivity contribution in [3.8, 4) is 0 Å². The Morgan fingerprint density at radius 1 is 1.31 bits per heavy atom. The van der Waals surface area contributed by atoms with Crippen LogP contribution in [0, 0.1) is 5.92 Å². The number of rotatable bonds is 5. The van der Waals surface area contributed by atoms with E-state index < -0.39 is 0 Å². The van der Waals surface area contributed by atoms with Gasteiger partial charge >= 0.3 is 0 Å². The minimum absolute atomic E-state index is 0.0298. The fourth-order valence-corrected chi connectivity index (χ4v) is 3.26. The molecule has 0 bridgehead atoms. The van der Waals surface area contributed by atoms with Crippen molar-refractivity contribution < 1.29 is 9.59 Å². The average molecular weight is 354 g/mol. The number of aromatic nitrogens is 1. The van der Waals surface area contributed by atoms with Gasteiger partial charge in [0.05, 0.1) is 18.1 Å². The van der Waals surface area contributed by atoms with E-state index >= 15 is 0 Å². The molecule has 3 rings (SSSR count). The highest BCUT2D eigenvalue weighted by Crippen LogP contribution is 2.18. The summed E-state index contributed by atoms with van der Waals surface area (Å²) < 4.78 is 0. The number of hydrogen-bond acceptors (Lipinski definition) is 4. The first-order valence-electron chi connectivity index (χ1n) is 9.10. The molecule has 1 aromatic heterocycles. The lowest BCUT2D eigenvalue weighted by molar-refractivity contribution is -0.131. The summed E-state index contributed by atoms with van der Waals surface area (Å²) >= 11 is 0. The highest BCUT2D eigenvalue weighted by atomic mass is 16.2. The molecule has 1 aliphatic rings. The van der Waals surface area contributed by atoms with Crippen LogP contribution in [0.25, 0.3) is 10.9 Å². The van der Waals surface area contributed by atoms with Gasteiger partial charge in [0.25, 0.3) is 5.91 Å². The van der Waals surface area contributed by atoms with Crippen molar-refractivity contribution in [3.63, 3.8) is 0 Å². The summed E-state index contributed by atoms with van der Waals surface area (Å²) in [6, 6.07) is 9.36. The van der Waals surface area contributed by atoms with Crippen molar-refractivity contribution in [2.24, 2.45) is 5.92 Å². The van der Waals surface area contributed by atoms with Gasteiger partial charge < -0.3 is 10.2 Å². The van der Waals surface area contributed by atoms with Gasteiger partial charge in [-0.1, -0.05) is 26.0 Å². The normalized spacial score (nSPS) is 19.9. The van der Waals surface area contributed by atoms with Crippen molar-refractivity contribution in [3.05, 3.63) is 42.1 Å². The van der Waals surface area contributed by atoms with E-state index in [-0.39, 0.29) is 23.8 Å². The van der Waals surface area contributed by atoms with Crippen LogP contribution in [0.1, 0.15) is 24.2 Å². The second-order valence-electron chi connectivity index (χ2n) is 7.10. The Morgan fingerprint density at radius 2 is 2.12 bits per heavy atom. The molecule has 1 N–H and O–H groups in total. The summed E-state index contributed by atoms with van der Waals surface area (Å²) in [5, 5.41) is 4.10. The van der Waals surface area contributed by atoms with Crippen LogP contribution < -0.4 is 5.32 Å². The Balaban J connectivity index is 1.64. The van der Waals surface area contributed by atoms with Gasteiger partial charge in [-0.25, -0.2) is 0 Å². The third-order valence-electron chi connectivity index (χ3n) is 5.09. The van der Waals surface area contributed by atoms with Crippen molar-refractivity contribution in [2.75, 3.05) is 33.2 Å². The van der Waals surface area contributed by atoms with E-state index in [2.05, 4.69) is 17.2 Å². The smallest absolute Gasteiger partial charge is 0.251 e. The van der Waals surface area contributed by atoms with Gasteiger partial charge in [-0.2, -0.15) is 0 Å². The fourth-order valence-electron chi connectivity index (χ4n) is 3.26. The monoisotopic (exact) mass is 354 g/mol. The number of pyridine rings is 1. The van der Waals surface area contributed by atoms with Crippen LogP contribution in [-0.2, 0) is 4.79 Å². The van der Waals surface area contributed by atoms with Crippen LogP contribution in [0.4, 0.5) is 0 Å². The van der Waals surface area contributed by atoms with Crippen LogP contribution in [0.3, 0.4) is 0 Å². The third-order valence-corrected chi connectivity index (χ3v) is 5.09. The maximum absolute atomic E-state index is 12.6. The quantitative estimate of drug-likeness (QED) is 0.889. The maximum atomic E-state index is 12.6. The van der Waals surface area contributed by atoms with E-state index in [0.717, 1.165) is 17.4 Å². The van der Waals surface area contributed by atoms with Crippen molar-refractivity contribution in [1.29, 1.82) is 0 Å². The molecule has 0 radical (unpaired) electrons. The molecule has 0 unspecified atom stereocenters. The summed E-state index contributed by atoms with van der Waals surface area (Å²) in [4.78, 5) is 33.2. The van der Waals surface area contributed by atoms with Crippen molar-refractivity contribution in [2.45, 2.75) is 19.9 Å². The first kappa shape index (κ1) is 18.3. The summed E-state index contributed by atoms with van der Waals surface area (Å²) in [6.07, 6.45) is 1.72. The highest BCUT2D eigenvalue weighted by Gasteiger charge is 2.33. The molecule has 138 valence electrons. The molecular formula is C20H26N4O2. The number of hydrogen-bond donors (Lipinski definition) is 1. The molecule has 26 heavy (non-hydrogen) atoms. The first-order valence-corrected chi connectivity index (χ1v) is 9.10. The zero-order valence-electron chi connectivity index (χ0n) is 15.6. The van der Waals surface area contributed by atoms with Crippen LogP contribution in [0.5, 0.6) is 0 Å². The first-order chi connectivity index (χ1) is 12.5. The molecule has 1 aliphatic heterocycles. The minimum atomic E-state index is -0.116. The number of nitrogens with zero attached hydrogens (tertiary/aromatic N) is 3. The van der Waals surface area contributed by atoms with Crippen LogP contribution >= 0.6 is 0 Å². The molecule has 0 aliphatic carbocycles. The van der Waals surface area contributed by atoms with Crippen LogP contribution in [0.15, 0.2) is 36.5 Å². The lowest BCUT2D eigenvalue weighted by Gasteiger charge is -2.20. The molecule has 2 amide bonds. The number of likely N-dealkylation sites (N-methyl/N-ethyl adjacent to an activating group) is 1. The molecule has 0 saturated carbocycles. The Morgan fingerprint density at radius 3 is 2.88 bits per heavy atom. The summed E-state index contributed by atoms with van der Waals surface area (Å²) in [5.74, 6) is 0.232. The number of amides is 2. The molecule has 2 heterocycles. The second-order valence-corrected chi connectivity index (χ2v) is 7.10. The average Bonchev–Trinajstić information content (AvgIpc) is 3.01. The maximum Gasteiger partial charge on any atom is 0.251 e. The van der Waals surface area contributed by atoms with E-state index in [4.69, 9.17) is 0 Å². The molecule has 2 aromatic rings. The summed E-state index contributed by atoms with van der Waals surface area (Å²) in [7, 11) is 1.93. The van der Waals surface area contributed by atoms with Gasteiger partial charge in [-0.05, 0) is 37.7 Å².